The van der Waals surface area contributed by atoms with Crippen molar-refractivity contribution >= 4 is 23.4 Å². The zero-order chi connectivity index (χ0) is 17.1. The highest BCUT2D eigenvalue weighted by atomic mass is 32.2. The second-order valence-electron chi connectivity index (χ2n) is 5.59. The van der Waals surface area contributed by atoms with Gasteiger partial charge in [0.15, 0.2) is 0 Å². The van der Waals surface area contributed by atoms with E-state index in [4.69, 9.17) is 4.52 Å². The van der Waals surface area contributed by atoms with Crippen LogP contribution in [-0.2, 0) is 11.2 Å². The fourth-order valence-corrected chi connectivity index (χ4v) is 3.73. The highest BCUT2D eigenvalue weighted by Gasteiger charge is 2.23. The second-order valence-corrected chi connectivity index (χ2v) is 6.73. The molecule has 6 nitrogen and oxygen atoms in total. The number of aromatic nitrogens is 3. The highest BCUT2D eigenvalue weighted by molar-refractivity contribution is 7.99. The Kier molecular flexibility index (Phi) is 4.47. The first-order valence-electron chi connectivity index (χ1n) is 8.07. The van der Waals surface area contributed by atoms with Crippen LogP contribution in [0.2, 0.25) is 0 Å². The van der Waals surface area contributed by atoms with Crippen LogP contribution in [0.4, 0.5) is 5.69 Å². The number of aryl methyl sites for hydroxylation is 1. The summed E-state index contributed by atoms with van der Waals surface area (Å²) in [5, 5.41) is 3.94. The third-order valence-electron chi connectivity index (χ3n) is 3.94. The number of hydrogen-bond donors (Lipinski definition) is 0. The Morgan fingerprint density at radius 3 is 2.96 bits per heavy atom. The average molecular weight is 352 g/mol. The quantitative estimate of drug-likeness (QED) is 0.718. The molecule has 0 bridgehead atoms. The molecule has 0 N–H and O–H groups in total. The Morgan fingerprint density at radius 1 is 1.20 bits per heavy atom. The number of nitrogens with zero attached hydrogens (tertiary/aromatic N) is 4. The number of benzene rings is 1. The number of carbonyl (C=O) groups excluding carboxylic acids is 1. The molecule has 3 aromatic rings. The van der Waals surface area contributed by atoms with Crippen LogP contribution in [0.1, 0.15) is 12.3 Å². The predicted molar refractivity (Wildman–Crippen MR) is 95.4 cm³/mol. The van der Waals surface area contributed by atoms with Gasteiger partial charge in [-0.1, -0.05) is 23.4 Å². The third-order valence-corrected chi connectivity index (χ3v) is 4.99. The van der Waals surface area contributed by atoms with E-state index in [1.807, 2.05) is 41.3 Å². The highest BCUT2D eigenvalue weighted by Crippen LogP contribution is 2.34. The first-order chi connectivity index (χ1) is 12.3. The van der Waals surface area contributed by atoms with Gasteiger partial charge in [-0.2, -0.15) is 4.98 Å². The van der Waals surface area contributed by atoms with Crippen LogP contribution in [0.25, 0.3) is 11.5 Å². The molecular formula is C18H16N4O2S. The van der Waals surface area contributed by atoms with Crippen LogP contribution in [0.3, 0.4) is 0 Å². The van der Waals surface area contributed by atoms with Crippen molar-refractivity contribution in [2.75, 3.05) is 17.2 Å². The van der Waals surface area contributed by atoms with Crippen molar-refractivity contribution in [3.8, 4) is 11.5 Å². The topological polar surface area (TPSA) is 72.1 Å². The van der Waals surface area contributed by atoms with Crippen molar-refractivity contribution in [2.24, 2.45) is 0 Å². The number of pyridine rings is 1. The Balaban J connectivity index is 1.42. The number of amides is 1. The van der Waals surface area contributed by atoms with Gasteiger partial charge < -0.3 is 9.42 Å². The number of anilines is 1. The van der Waals surface area contributed by atoms with Gasteiger partial charge in [-0.3, -0.25) is 9.78 Å². The molecule has 2 aromatic heterocycles. The molecule has 7 heteroatoms. The summed E-state index contributed by atoms with van der Waals surface area (Å²) >= 11 is 1.78. The first-order valence-corrected chi connectivity index (χ1v) is 9.06. The molecule has 0 saturated carbocycles. The van der Waals surface area contributed by atoms with Gasteiger partial charge in [0.25, 0.3) is 0 Å². The predicted octanol–water partition coefficient (Wildman–Crippen LogP) is 3.20. The summed E-state index contributed by atoms with van der Waals surface area (Å²) in [5.74, 6) is 1.88. The van der Waals surface area contributed by atoms with Gasteiger partial charge in [-0.05, 0) is 24.3 Å². The number of rotatable bonds is 4. The van der Waals surface area contributed by atoms with Crippen LogP contribution < -0.4 is 4.90 Å². The molecule has 0 spiro atoms. The van der Waals surface area contributed by atoms with E-state index in [0.29, 0.717) is 30.3 Å². The largest absolute Gasteiger partial charge is 0.339 e. The molecule has 25 heavy (non-hydrogen) atoms. The summed E-state index contributed by atoms with van der Waals surface area (Å²) in [5.41, 5.74) is 1.65. The van der Waals surface area contributed by atoms with E-state index in [9.17, 15) is 4.79 Å². The fourth-order valence-electron chi connectivity index (χ4n) is 2.73. The summed E-state index contributed by atoms with van der Waals surface area (Å²) in [7, 11) is 0. The molecule has 0 radical (unpaired) electrons. The lowest BCUT2D eigenvalue weighted by atomic mass is 10.2. The van der Waals surface area contributed by atoms with Gasteiger partial charge >= 0.3 is 0 Å². The van der Waals surface area contributed by atoms with Crippen molar-refractivity contribution in [1.29, 1.82) is 0 Å². The maximum atomic E-state index is 12.6. The van der Waals surface area contributed by atoms with Crippen LogP contribution in [0, 0.1) is 0 Å². The molecule has 3 heterocycles. The van der Waals surface area contributed by atoms with Gasteiger partial charge in [-0.15, -0.1) is 11.8 Å². The fraction of sp³-hybridized carbons (Fsp3) is 0.222. The van der Waals surface area contributed by atoms with E-state index in [2.05, 4.69) is 21.2 Å². The van der Waals surface area contributed by atoms with Gasteiger partial charge in [0.05, 0.1) is 5.69 Å². The molecule has 0 aliphatic carbocycles. The summed E-state index contributed by atoms with van der Waals surface area (Å²) in [6, 6.07) is 13.5. The SMILES string of the molecule is O=C(CCc1nc(-c2ccccn2)no1)N1CCSc2ccccc21. The molecule has 1 amide bonds. The Hall–Kier alpha value is -2.67. The van der Waals surface area contributed by atoms with Gasteiger partial charge in [0, 0.05) is 36.2 Å². The smallest absolute Gasteiger partial charge is 0.227 e. The van der Waals surface area contributed by atoms with Gasteiger partial charge in [0.2, 0.25) is 17.6 Å². The van der Waals surface area contributed by atoms with Crippen LogP contribution in [0.5, 0.6) is 0 Å². The minimum absolute atomic E-state index is 0.0744. The lowest BCUT2D eigenvalue weighted by Crippen LogP contribution is -2.35. The summed E-state index contributed by atoms with van der Waals surface area (Å²) in [6.45, 7) is 0.726. The maximum Gasteiger partial charge on any atom is 0.227 e. The third kappa shape index (κ3) is 3.41. The Bertz CT molecular complexity index is 882. The molecule has 1 aliphatic rings. The number of hydrogen-bond acceptors (Lipinski definition) is 6. The van der Waals surface area contributed by atoms with Crippen LogP contribution >= 0.6 is 11.8 Å². The average Bonchev–Trinajstić information content (AvgIpc) is 3.15. The summed E-state index contributed by atoms with van der Waals surface area (Å²) in [6.07, 6.45) is 2.44. The normalized spacial score (nSPS) is 13.5. The zero-order valence-electron chi connectivity index (χ0n) is 13.5. The minimum Gasteiger partial charge on any atom is -0.339 e. The van der Waals surface area contributed by atoms with E-state index in [-0.39, 0.29) is 5.91 Å². The zero-order valence-corrected chi connectivity index (χ0v) is 14.3. The van der Waals surface area contributed by atoms with Crippen molar-refractivity contribution in [3.05, 3.63) is 54.6 Å². The van der Waals surface area contributed by atoms with Gasteiger partial charge in [0.1, 0.15) is 5.69 Å². The van der Waals surface area contributed by atoms with Crippen LogP contribution in [-0.4, -0.2) is 33.3 Å². The second kappa shape index (κ2) is 7.06. The molecule has 0 fully saturated rings. The number of fused-ring (bicyclic) bond motifs is 1. The van der Waals surface area contributed by atoms with E-state index < -0.39 is 0 Å². The standard InChI is InChI=1S/C18H16N4O2S/c23-17(22-11-12-25-15-7-2-1-6-14(15)22)9-8-16-20-18(21-24-16)13-5-3-4-10-19-13/h1-7,10H,8-9,11-12H2. The van der Waals surface area contributed by atoms with Crippen molar-refractivity contribution < 1.29 is 9.32 Å². The Morgan fingerprint density at radius 2 is 2.08 bits per heavy atom. The molecule has 0 atom stereocenters. The number of thioether (sulfide) groups is 1. The van der Waals surface area contributed by atoms with Crippen molar-refractivity contribution in [1.82, 2.24) is 15.1 Å². The van der Waals surface area contributed by atoms with Gasteiger partial charge in [-0.25, -0.2) is 0 Å². The van der Waals surface area contributed by atoms with E-state index in [1.54, 1.807) is 18.0 Å². The monoisotopic (exact) mass is 352 g/mol. The van der Waals surface area contributed by atoms with E-state index in [0.717, 1.165) is 22.9 Å². The van der Waals surface area contributed by atoms with Crippen LogP contribution in [0.15, 0.2) is 58.1 Å². The molecule has 0 unspecified atom stereocenters. The van der Waals surface area contributed by atoms with E-state index in [1.165, 1.54) is 0 Å². The molecular weight excluding hydrogens is 336 g/mol. The van der Waals surface area contributed by atoms with E-state index >= 15 is 0 Å². The lowest BCUT2D eigenvalue weighted by molar-refractivity contribution is -0.118. The maximum absolute atomic E-state index is 12.6. The molecule has 1 aliphatic heterocycles. The molecule has 4 rings (SSSR count). The molecule has 126 valence electrons. The lowest BCUT2D eigenvalue weighted by Gasteiger charge is -2.28. The molecule has 0 saturated heterocycles. The summed E-state index contributed by atoms with van der Waals surface area (Å²) < 4.78 is 5.25. The minimum atomic E-state index is 0.0744. The first kappa shape index (κ1) is 15.8. The summed E-state index contributed by atoms with van der Waals surface area (Å²) in [4.78, 5) is 24.1. The number of para-hydroxylation sites is 1. The van der Waals surface area contributed by atoms with Crippen molar-refractivity contribution in [3.63, 3.8) is 0 Å². The molecule has 1 aromatic carbocycles. The Labute approximate surface area is 149 Å². The number of carbonyl (C=O) groups is 1. The van der Waals surface area contributed by atoms with Crippen molar-refractivity contribution in [2.45, 2.75) is 17.7 Å².